The second kappa shape index (κ2) is 5.26. The van der Waals surface area contributed by atoms with Gasteiger partial charge in [-0.3, -0.25) is 4.99 Å². The maximum absolute atomic E-state index is 6.13. The number of aliphatic imine (C=N–C) groups is 1. The SMILES string of the molecule is CCCC[C@@H](N)CC1=CN=C2C=CC=C[C@@H]12. The first-order valence-electron chi connectivity index (χ1n) is 6.18. The van der Waals surface area contributed by atoms with Crippen LogP contribution in [0.1, 0.15) is 32.6 Å². The van der Waals surface area contributed by atoms with Crippen LogP contribution < -0.4 is 5.73 Å². The van der Waals surface area contributed by atoms with E-state index in [0.717, 1.165) is 12.8 Å². The molecule has 0 saturated heterocycles. The summed E-state index contributed by atoms with van der Waals surface area (Å²) in [6.07, 6.45) is 15.0. The molecular formula is C14H20N2. The fraction of sp³-hybridized carbons (Fsp3) is 0.500. The third kappa shape index (κ3) is 2.50. The number of nitrogens with two attached hydrogens (primary N) is 1. The van der Waals surface area contributed by atoms with E-state index in [9.17, 15) is 0 Å². The van der Waals surface area contributed by atoms with E-state index in [4.69, 9.17) is 5.73 Å². The van der Waals surface area contributed by atoms with Gasteiger partial charge in [-0.15, -0.1) is 0 Å². The van der Waals surface area contributed by atoms with Gasteiger partial charge in [0.05, 0.1) is 5.71 Å². The van der Waals surface area contributed by atoms with Crippen molar-refractivity contribution in [2.75, 3.05) is 0 Å². The van der Waals surface area contributed by atoms with Gasteiger partial charge >= 0.3 is 0 Å². The molecule has 2 atom stereocenters. The standard InChI is InChI=1S/C14H20N2/c1-2-3-6-12(15)9-11-10-16-14-8-5-4-7-13(11)14/h4-5,7-8,10,12-13H,2-3,6,9,15H2,1H3/t12-,13+/m1/s1. The summed E-state index contributed by atoms with van der Waals surface area (Å²) in [6, 6.07) is 0.292. The Labute approximate surface area is 97.6 Å². The number of unbranched alkanes of at least 4 members (excludes halogenated alkanes) is 1. The molecule has 0 unspecified atom stereocenters. The number of hydrogen-bond acceptors (Lipinski definition) is 2. The van der Waals surface area contributed by atoms with Crippen LogP contribution >= 0.6 is 0 Å². The van der Waals surface area contributed by atoms with E-state index >= 15 is 0 Å². The highest BCUT2D eigenvalue weighted by Gasteiger charge is 2.23. The molecule has 0 radical (unpaired) electrons. The van der Waals surface area contributed by atoms with Crippen LogP contribution in [0.25, 0.3) is 0 Å². The van der Waals surface area contributed by atoms with Gasteiger partial charge < -0.3 is 5.73 Å². The number of fused-ring (bicyclic) bond motifs is 1. The first-order chi connectivity index (χ1) is 7.81. The lowest BCUT2D eigenvalue weighted by Gasteiger charge is -2.17. The van der Waals surface area contributed by atoms with Crippen molar-refractivity contribution in [2.45, 2.75) is 38.6 Å². The highest BCUT2D eigenvalue weighted by Crippen LogP contribution is 2.28. The molecule has 0 amide bonds. The minimum atomic E-state index is 0.292. The molecule has 2 heteroatoms. The van der Waals surface area contributed by atoms with Gasteiger partial charge in [0.15, 0.2) is 0 Å². The summed E-state index contributed by atoms with van der Waals surface area (Å²) in [5.41, 5.74) is 8.67. The molecule has 2 rings (SSSR count). The summed E-state index contributed by atoms with van der Waals surface area (Å²) in [6.45, 7) is 2.21. The molecule has 16 heavy (non-hydrogen) atoms. The van der Waals surface area contributed by atoms with Gasteiger partial charge in [0, 0.05) is 18.2 Å². The average molecular weight is 216 g/mol. The predicted octanol–water partition coefficient (Wildman–Crippen LogP) is 2.97. The van der Waals surface area contributed by atoms with E-state index in [1.54, 1.807) is 0 Å². The van der Waals surface area contributed by atoms with Crippen LogP contribution in [-0.4, -0.2) is 11.8 Å². The lowest BCUT2D eigenvalue weighted by atomic mass is 9.88. The molecule has 0 aromatic heterocycles. The number of rotatable bonds is 5. The Kier molecular flexibility index (Phi) is 3.73. The number of nitrogens with zero attached hydrogens (tertiary/aromatic N) is 1. The largest absolute Gasteiger partial charge is 0.327 e. The summed E-state index contributed by atoms with van der Waals surface area (Å²) >= 11 is 0. The van der Waals surface area contributed by atoms with Crippen molar-refractivity contribution in [3.8, 4) is 0 Å². The van der Waals surface area contributed by atoms with Gasteiger partial charge in [-0.05, 0) is 24.5 Å². The fourth-order valence-electron chi connectivity index (χ4n) is 2.26. The van der Waals surface area contributed by atoms with Crippen molar-refractivity contribution in [1.29, 1.82) is 0 Å². The van der Waals surface area contributed by atoms with E-state index in [1.165, 1.54) is 24.1 Å². The normalized spacial score (nSPS) is 24.0. The number of allylic oxidation sites excluding steroid dienone is 4. The Hall–Kier alpha value is -1.15. The van der Waals surface area contributed by atoms with Gasteiger partial charge in [-0.2, -0.15) is 0 Å². The van der Waals surface area contributed by atoms with Gasteiger partial charge in [0.25, 0.3) is 0 Å². The van der Waals surface area contributed by atoms with Crippen molar-refractivity contribution >= 4 is 5.71 Å². The molecular weight excluding hydrogens is 196 g/mol. The zero-order valence-corrected chi connectivity index (χ0v) is 9.89. The third-order valence-electron chi connectivity index (χ3n) is 3.21. The van der Waals surface area contributed by atoms with E-state index < -0.39 is 0 Å². The van der Waals surface area contributed by atoms with E-state index in [2.05, 4.69) is 30.1 Å². The summed E-state index contributed by atoms with van der Waals surface area (Å²) < 4.78 is 0. The Morgan fingerprint density at radius 1 is 1.44 bits per heavy atom. The third-order valence-corrected chi connectivity index (χ3v) is 3.21. The molecule has 2 aliphatic rings. The van der Waals surface area contributed by atoms with E-state index in [-0.39, 0.29) is 0 Å². The Balaban J connectivity index is 1.89. The molecule has 0 aromatic carbocycles. The van der Waals surface area contributed by atoms with Crippen molar-refractivity contribution in [3.05, 3.63) is 36.1 Å². The molecule has 86 valence electrons. The van der Waals surface area contributed by atoms with Crippen LogP contribution in [0.5, 0.6) is 0 Å². The first kappa shape index (κ1) is 11.3. The molecule has 1 aliphatic heterocycles. The van der Waals surface area contributed by atoms with Crippen LogP contribution in [-0.2, 0) is 0 Å². The molecule has 0 fully saturated rings. The van der Waals surface area contributed by atoms with Crippen molar-refractivity contribution in [3.63, 3.8) is 0 Å². The summed E-state index contributed by atoms with van der Waals surface area (Å²) in [4.78, 5) is 4.43. The quantitative estimate of drug-likeness (QED) is 0.754. The highest BCUT2D eigenvalue weighted by atomic mass is 14.8. The first-order valence-corrected chi connectivity index (χ1v) is 6.18. The molecule has 0 spiro atoms. The minimum absolute atomic E-state index is 0.292. The molecule has 0 bridgehead atoms. The molecule has 1 heterocycles. The van der Waals surface area contributed by atoms with E-state index in [0.29, 0.717) is 12.0 Å². The van der Waals surface area contributed by atoms with Crippen LogP contribution in [0.3, 0.4) is 0 Å². The van der Waals surface area contributed by atoms with Gasteiger partial charge in [-0.25, -0.2) is 0 Å². The minimum Gasteiger partial charge on any atom is -0.327 e. The Morgan fingerprint density at radius 3 is 3.12 bits per heavy atom. The second-order valence-electron chi connectivity index (χ2n) is 4.59. The van der Waals surface area contributed by atoms with Gasteiger partial charge in [0.2, 0.25) is 0 Å². The maximum Gasteiger partial charge on any atom is 0.0513 e. The van der Waals surface area contributed by atoms with Crippen LogP contribution in [0.2, 0.25) is 0 Å². The van der Waals surface area contributed by atoms with Crippen LogP contribution in [0.15, 0.2) is 41.1 Å². The lowest BCUT2D eigenvalue weighted by Crippen LogP contribution is -2.23. The topological polar surface area (TPSA) is 38.4 Å². The monoisotopic (exact) mass is 216 g/mol. The van der Waals surface area contributed by atoms with Gasteiger partial charge in [-0.1, -0.05) is 38.0 Å². The zero-order valence-electron chi connectivity index (χ0n) is 9.89. The molecule has 1 aliphatic carbocycles. The highest BCUT2D eigenvalue weighted by molar-refractivity contribution is 6.03. The van der Waals surface area contributed by atoms with Crippen molar-refractivity contribution < 1.29 is 0 Å². The smallest absolute Gasteiger partial charge is 0.0513 e. The zero-order chi connectivity index (χ0) is 11.4. The predicted molar refractivity (Wildman–Crippen MR) is 69.4 cm³/mol. The molecule has 0 aromatic rings. The van der Waals surface area contributed by atoms with Crippen molar-refractivity contribution in [2.24, 2.45) is 16.6 Å². The summed E-state index contributed by atoms with van der Waals surface area (Å²) in [5, 5.41) is 0. The summed E-state index contributed by atoms with van der Waals surface area (Å²) in [5.74, 6) is 0.401. The second-order valence-corrected chi connectivity index (χ2v) is 4.59. The number of hydrogen-bond donors (Lipinski definition) is 1. The fourth-order valence-corrected chi connectivity index (χ4v) is 2.26. The summed E-state index contributed by atoms with van der Waals surface area (Å²) in [7, 11) is 0. The maximum atomic E-state index is 6.13. The Bertz CT molecular complexity index is 361. The average Bonchev–Trinajstić information content (AvgIpc) is 2.70. The van der Waals surface area contributed by atoms with E-state index in [1.807, 2.05) is 12.3 Å². The molecule has 2 nitrogen and oxygen atoms in total. The van der Waals surface area contributed by atoms with Crippen LogP contribution in [0, 0.1) is 5.92 Å². The lowest BCUT2D eigenvalue weighted by molar-refractivity contribution is 0.564. The van der Waals surface area contributed by atoms with Crippen LogP contribution in [0.4, 0.5) is 0 Å². The molecule has 0 saturated carbocycles. The molecule has 2 N–H and O–H groups in total. The van der Waals surface area contributed by atoms with Gasteiger partial charge in [0.1, 0.15) is 0 Å². The van der Waals surface area contributed by atoms with Crippen molar-refractivity contribution in [1.82, 2.24) is 0 Å². The Morgan fingerprint density at radius 2 is 2.31 bits per heavy atom.